The van der Waals surface area contributed by atoms with Crippen molar-refractivity contribution in [3.8, 4) is 5.75 Å². The van der Waals surface area contributed by atoms with E-state index in [1.54, 1.807) is 28.6 Å². The van der Waals surface area contributed by atoms with E-state index < -0.39 is 21.9 Å². The Morgan fingerprint density at radius 3 is 2.46 bits per heavy atom. The second-order valence-corrected chi connectivity index (χ2v) is 11.0. The first kappa shape index (κ1) is 25.9. The molecule has 2 fully saturated rings. The van der Waals surface area contributed by atoms with Crippen molar-refractivity contribution in [2.24, 2.45) is 0 Å². The van der Waals surface area contributed by atoms with Crippen molar-refractivity contribution in [3.05, 3.63) is 53.9 Å². The Kier molecular flexibility index (Phi) is 7.99. The highest BCUT2D eigenvalue weighted by atomic mass is 32.2. The summed E-state index contributed by atoms with van der Waals surface area (Å²) in [6, 6.07) is 9.46. The Balaban J connectivity index is 1.29. The normalized spacial score (nSPS) is 20.0. The predicted molar refractivity (Wildman–Crippen MR) is 125 cm³/mol. The Bertz CT molecular complexity index is 1090. The minimum Gasteiger partial charge on any atom is -0.497 e. The monoisotopic (exact) mass is 512 g/mol. The fraction of sp³-hybridized carbons (Fsp3) is 0.542. The predicted octanol–water partition coefficient (Wildman–Crippen LogP) is 3.47. The molecule has 35 heavy (non-hydrogen) atoms. The minimum absolute atomic E-state index is 0.247. The van der Waals surface area contributed by atoms with Gasteiger partial charge in [0.1, 0.15) is 11.4 Å². The van der Waals surface area contributed by atoms with Crippen molar-refractivity contribution < 1.29 is 26.3 Å². The fourth-order valence-corrected chi connectivity index (χ4v) is 6.32. The molecule has 4 rings (SSSR count). The van der Waals surface area contributed by atoms with Gasteiger partial charge in [0.15, 0.2) is 0 Å². The van der Waals surface area contributed by atoms with E-state index in [-0.39, 0.29) is 4.90 Å². The van der Waals surface area contributed by atoms with Gasteiger partial charge in [0.2, 0.25) is 10.0 Å². The molecule has 0 unspecified atom stereocenters. The third-order valence-corrected chi connectivity index (χ3v) is 8.66. The zero-order chi connectivity index (χ0) is 25.1. The van der Waals surface area contributed by atoms with Gasteiger partial charge in [0.05, 0.1) is 12.0 Å². The lowest BCUT2D eigenvalue weighted by Gasteiger charge is -2.38. The maximum atomic E-state index is 13.2. The van der Waals surface area contributed by atoms with Crippen LogP contribution in [0.15, 0.2) is 47.5 Å². The van der Waals surface area contributed by atoms with E-state index in [1.807, 2.05) is 0 Å². The van der Waals surface area contributed by atoms with E-state index in [2.05, 4.69) is 14.8 Å². The summed E-state index contributed by atoms with van der Waals surface area (Å²) in [6.45, 7) is 4.70. The number of pyridine rings is 1. The van der Waals surface area contributed by atoms with Crippen LogP contribution in [0.4, 0.5) is 13.2 Å². The van der Waals surface area contributed by atoms with Crippen LogP contribution in [-0.4, -0.2) is 79.9 Å². The summed E-state index contributed by atoms with van der Waals surface area (Å²) >= 11 is 0. The summed E-state index contributed by atoms with van der Waals surface area (Å²) < 4.78 is 71.2. The average Bonchev–Trinajstić information content (AvgIpc) is 3.11. The number of nitrogens with zero attached hydrogens (tertiary/aromatic N) is 4. The van der Waals surface area contributed by atoms with E-state index >= 15 is 0 Å². The van der Waals surface area contributed by atoms with Gasteiger partial charge in [-0.2, -0.15) is 17.5 Å². The topological polar surface area (TPSA) is 66.0 Å². The highest BCUT2D eigenvalue weighted by molar-refractivity contribution is 7.89. The lowest BCUT2D eigenvalue weighted by atomic mass is 10.0. The molecule has 1 aromatic heterocycles. The Hall–Kier alpha value is -2.21. The summed E-state index contributed by atoms with van der Waals surface area (Å²) in [4.78, 5) is 8.42. The molecule has 0 bridgehead atoms. The van der Waals surface area contributed by atoms with E-state index in [0.717, 1.165) is 50.5 Å². The molecule has 2 aliphatic heterocycles. The summed E-state index contributed by atoms with van der Waals surface area (Å²) in [5, 5.41) is 0. The molecule has 7 nitrogen and oxygen atoms in total. The number of rotatable bonds is 6. The van der Waals surface area contributed by atoms with E-state index in [9.17, 15) is 21.6 Å². The fourth-order valence-electron chi connectivity index (χ4n) is 4.82. The largest absolute Gasteiger partial charge is 0.497 e. The molecule has 0 atom stereocenters. The van der Waals surface area contributed by atoms with Gasteiger partial charge in [-0.05, 0) is 62.7 Å². The van der Waals surface area contributed by atoms with Gasteiger partial charge in [-0.1, -0.05) is 12.1 Å². The van der Waals surface area contributed by atoms with Crippen molar-refractivity contribution in [2.75, 3.05) is 46.4 Å². The van der Waals surface area contributed by atoms with Crippen LogP contribution in [0, 0.1) is 0 Å². The molecule has 3 heterocycles. The summed E-state index contributed by atoms with van der Waals surface area (Å²) in [5.74, 6) is 0.515. The molecule has 2 aliphatic rings. The highest BCUT2D eigenvalue weighted by Gasteiger charge is 2.33. The number of halogens is 3. The van der Waals surface area contributed by atoms with Gasteiger partial charge >= 0.3 is 6.18 Å². The number of hydrogen-bond donors (Lipinski definition) is 0. The number of aromatic nitrogens is 1. The molecule has 0 amide bonds. The van der Waals surface area contributed by atoms with Gasteiger partial charge in [-0.15, -0.1) is 0 Å². The molecule has 0 saturated carbocycles. The number of sulfonamides is 1. The van der Waals surface area contributed by atoms with Crippen LogP contribution >= 0.6 is 0 Å². The molecule has 192 valence electrons. The van der Waals surface area contributed by atoms with Crippen molar-refractivity contribution in [1.82, 2.24) is 19.1 Å². The maximum Gasteiger partial charge on any atom is 0.433 e. The zero-order valence-corrected chi connectivity index (χ0v) is 20.6. The molecule has 11 heteroatoms. The average molecular weight is 513 g/mol. The first-order chi connectivity index (χ1) is 16.7. The molecule has 0 radical (unpaired) electrons. The number of ether oxygens (including phenoxy) is 1. The molecule has 0 aliphatic carbocycles. The van der Waals surface area contributed by atoms with Crippen LogP contribution in [0.1, 0.15) is 30.5 Å². The second kappa shape index (κ2) is 10.8. The van der Waals surface area contributed by atoms with Crippen LogP contribution in [0.2, 0.25) is 0 Å². The van der Waals surface area contributed by atoms with Crippen molar-refractivity contribution in [3.63, 3.8) is 0 Å². The first-order valence-electron chi connectivity index (χ1n) is 11.8. The number of benzene rings is 1. The van der Waals surface area contributed by atoms with Gasteiger partial charge in [0, 0.05) is 44.5 Å². The third kappa shape index (κ3) is 6.32. The van der Waals surface area contributed by atoms with Gasteiger partial charge in [0.25, 0.3) is 0 Å². The van der Waals surface area contributed by atoms with E-state index in [4.69, 9.17) is 4.74 Å². The van der Waals surface area contributed by atoms with Crippen LogP contribution in [-0.2, 0) is 22.7 Å². The molecule has 0 N–H and O–H groups in total. The number of alkyl halides is 3. The number of likely N-dealkylation sites (tertiary alicyclic amines) is 1. The molecular formula is C24H31F3N4O3S. The van der Waals surface area contributed by atoms with Crippen LogP contribution in [0.25, 0.3) is 0 Å². The molecule has 1 aromatic carbocycles. The summed E-state index contributed by atoms with van der Waals surface area (Å²) in [7, 11) is -2.07. The van der Waals surface area contributed by atoms with Crippen molar-refractivity contribution in [2.45, 2.75) is 42.9 Å². The van der Waals surface area contributed by atoms with Gasteiger partial charge in [-0.3, -0.25) is 14.8 Å². The van der Waals surface area contributed by atoms with Gasteiger partial charge in [-0.25, -0.2) is 8.42 Å². The lowest BCUT2D eigenvalue weighted by molar-refractivity contribution is -0.141. The van der Waals surface area contributed by atoms with E-state index in [1.165, 1.54) is 19.4 Å². The highest BCUT2D eigenvalue weighted by Crippen LogP contribution is 2.28. The quantitative estimate of drug-likeness (QED) is 0.591. The number of methoxy groups -OCH3 is 1. The Labute approximate surface area is 204 Å². The smallest absolute Gasteiger partial charge is 0.433 e. The molecule has 2 aromatic rings. The standard InChI is InChI=1S/C24H31F3N4O3S/c1-34-21-4-2-5-22(16-21)35(32,33)31-11-3-10-30(14-15-31)20-8-12-29(13-9-20)18-19-6-7-23(28-17-19)24(25,26)27/h2,4-7,16-17,20H,3,8-15,18H2,1H3. The minimum atomic E-state index is -4.42. The molecular weight excluding hydrogens is 481 g/mol. The van der Waals surface area contributed by atoms with Crippen molar-refractivity contribution in [1.29, 1.82) is 0 Å². The zero-order valence-electron chi connectivity index (χ0n) is 19.7. The second-order valence-electron chi connectivity index (χ2n) is 9.03. The first-order valence-corrected chi connectivity index (χ1v) is 13.2. The molecule has 2 saturated heterocycles. The third-order valence-electron chi connectivity index (χ3n) is 6.76. The Morgan fingerprint density at radius 2 is 1.80 bits per heavy atom. The molecule has 0 spiro atoms. The summed E-state index contributed by atoms with van der Waals surface area (Å²) in [6.07, 6.45) is -0.470. The lowest BCUT2D eigenvalue weighted by Crippen LogP contribution is -2.46. The summed E-state index contributed by atoms with van der Waals surface area (Å²) in [5.41, 5.74) is -0.104. The van der Waals surface area contributed by atoms with Crippen LogP contribution in [0.5, 0.6) is 5.75 Å². The number of hydrogen-bond acceptors (Lipinski definition) is 6. The number of piperidine rings is 1. The van der Waals surface area contributed by atoms with Gasteiger partial charge < -0.3 is 4.74 Å². The van der Waals surface area contributed by atoms with Crippen LogP contribution < -0.4 is 4.74 Å². The Morgan fingerprint density at radius 1 is 1.03 bits per heavy atom. The maximum absolute atomic E-state index is 13.2. The van der Waals surface area contributed by atoms with E-state index in [0.29, 0.717) is 38.0 Å². The SMILES string of the molecule is COc1cccc(S(=O)(=O)N2CCCN(C3CCN(Cc4ccc(C(F)(F)F)nc4)CC3)CC2)c1. The van der Waals surface area contributed by atoms with Crippen molar-refractivity contribution >= 4 is 10.0 Å². The van der Waals surface area contributed by atoms with Crippen LogP contribution in [0.3, 0.4) is 0 Å².